The number of aromatic nitrogens is 3. The monoisotopic (exact) mass is 338 g/mol. The summed E-state index contributed by atoms with van der Waals surface area (Å²) in [6.45, 7) is 4.44. The Morgan fingerprint density at radius 1 is 1.24 bits per heavy atom. The third-order valence-electron chi connectivity index (χ3n) is 3.91. The van der Waals surface area contributed by atoms with E-state index in [1.807, 2.05) is 66.9 Å². The van der Waals surface area contributed by atoms with Crippen LogP contribution in [0.25, 0.3) is 5.65 Å². The maximum absolute atomic E-state index is 12.1. The van der Waals surface area contributed by atoms with Crippen LogP contribution < -0.4 is 10.1 Å². The van der Waals surface area contributed by atoms with Gasteiger partial charge in [-0.1, -0.05) is 18.2 Å². The quantitative estimate of drug-likeness (QED) is 0.672. The molecule has 3 rings (SSSR count). The first-order valence-corrected chi connectivity index (χ1v) is 8.42. The molecule has 1 atom stereocenters. The van der Waals surface area contributed by atoms with E-state index < -0.39 is 0 Å². The molecule has 0 saturated heterocycles. The van der Waals surface area contributed by atoms with Crippen LogP contribution in [0.2, 0.25) is 0 Å². The summed E-state index contributed by atoms with van der Waals surface area (Å²) < 4.78 is 7.55. The van der Waals surface area contributed by atoms with Crippen molar-refractivity contribution in [2.24, 2.45) is 0 Å². The second kappa shape index (κ2) is 7.79. The van der Waals surface area contributed by atoms with E-state index >= 15 is 0 Å². The van der Waals surface area contributed by atoms with Gasteiger partial charge in [-0.05, 0) is 50.1 Å². The first kappa shape index (κ1) is 17.0. The number of hydrogen-bond acceptors (Lipinski definition) is 4. The molecule has 1 amide bonds. The van der Waals surface area contributed by atoms with E-state index in [1.54, 1.807) is 0 Å². The largest absolute Gasteiger partial charge is 0.494 e. The van der Waals surface area contributed by atoms with Crippen LogP contribution >= 0.6 is 0 Å². The van der Waals surface area contributed by atoms with E-state index in [9.17, 15) is 4.79 Å². The van der Waals surface area contributed by atoms with Crippen molar-refractivity contribution < 1.29 is 9.53 Å². The van der Waals surface area contributed by atoms with Gasteiger partial charge in [0.2, 0.25) is 5.91 Å². The van der Waals surface area contributed by atoms with E-state index in [0.29, 0.717) is 19.4 Å². The second-order valence-electron chi connectivity index (χ2n) is 6.04. The molecule has 130 valence electrons. The Balaban J connectivity index is 1.46. The van der Waals surface area contributed by atoms with Crippen molar-refractivity contribution in [1.29, 1.82) is 0 Å². The molecule has 0 saturated carbocycles. The van der Waals surface area contributed by atoms with Crippen molar-refractivity contribution in [3.05, 3.63) is 60.0 Å². The van der Waals surface area contributed by atoms with Crippen LogP contribution in [0.15, 0.2) is 48.7 Å². The zero-order valence-corrected chi connectivity index (χ0v) is 14.5. The summed E-state index contributed by atoms with van der Waals surface area (Å²) in [7, 11) is 0. The summed E-state index contributed by atoms with van der Waals surface area (Å²) in [5, 5.41) is 11.2. The van der Waals surface area contributed by atoms with Gasteiger partial charge in [-0.3, -0.25) is 9.20 Å². The minimum atomic E-state index is -0.206. The summed E-state index contributed by atoms with van der Waals surface area (Å²) in [5.41, 5.74) is 1.93. The van der Waals surface area contributed by atoms with Gasteiger partial charge in [0.05, 0.1) is 12.6 Å². The molecule has 3 aromatic rings. The minimum Gasteiger partial charge on any atom is -0.494 e. The zero-order valence-electron chi connectivity index (χ0n) is 14.5. The van der Waals surface area contributed by atoms with Crippen molar-refractivity contribution in [2.75, 3.05) is 6.61 Å². The van der Waals surface area contributed by atoms with Gasteiger partial charge in [-0.2, -0.15) is 0 Å². The predicted molar refractivity (Wildman–Crippen MR) is 95.5 cm³/mol. The molecule has 0 radical (unpaired) electrons. The second-order valence-corrected chi connectivity index (χ2v) is 6.04. The number of amides is 1. The number of fused-ring (bicyclic) bond motifs is 1. The molecule has 0 spiro atoms. The highest BCUT2D eigenvalue weighted by Gasteiger charge is 2.15. The highest BCUT2D eigenvalue weighted by Crippen LogP contribution is 2.14. The molecule has 2 aromatic heterocycles. The van der Waals surface area contributed by atoms with Crippen LogP contribution in [0.1, 0.15) is 37.2 Å². The topological polar surface area (TPSA) is 68.5 Å². The lowest BCUT2D eigenvalue weighted by molar-refractivity contribution is -0.122. The SMILES string of the molecule is Cc1cccc(OCCCC(=O)NC(C)c2nnc3ccccn23)c1. The number of aryl methyl sites for hydroxylation is 1. The Bertz CT molecular complexity index is 859. The predicted octanol–water partition coefficient (Wildman–Crippen LogP) is 3.07. The summed E-state index contributed by atoms with van der Waals surface area (Å²) in [6.07, 6.45) is 2.96. The summed E-state index contributed by atoms with van der Waals surface area (Å²) in [4.78, 5) is 12.1. The molecule has 6 nitrogen and oxygen atoms in total. The van der Waals surface area contributed by atoms with Gasteiger partial charge >= 0.3 is 0 Å². The van der Waals surface area contributed by atoms with Crippen LogP contribution in [0.4, 0.5) is 0 Å². The third kappa shape index (κ3) is 4.35. The Hall–Kier alpha value is -2.89. The highest BCUT2D eigenvalue weighted by molar-refractivity contribution is 5.76. The normalized spacial score (nSPS) is 12.1. The van der Waals surface area contributed by atoms with E-state index in [-0.39, 0.29) is 11.9 Å². The minimum absolute atomic E-state index is 0.0203. The summed E-state index contributed by atoms with van der Waals surface area (Å²) in [5.74, 6) is 1.54. The maximum Gasteiger partial charge on any atom is 0.220 e. The lowest BCUT2D eigenvalue weighted by Crippen LogP contribution is -2.28. The molecule has 2 heterocycles. The van der Waals surface area contributed by atoms with Gasteiger partial charge in [0.1, 0.15) is 5.75 Å². The highest BCUT2D eigenvalue weighted by atomic mass is 16.5. The molecule has 6 heteroatoms. The van der Waals surface area contributed by atoms with Gasteiger partial charge in [-0.25, -0.2) is 0 Å². The average molecular weight is 338 g/mol. The molecular weight excluding hydrogens is 316 g/mol. The number of ether oxygens (including phenoxy) is 1. The fourth-order valence-corrected chi connectivity index (χ4v) is 2.66. The first-order valence-electron chi connectivity index (χ1n) is 8.42. The lowest BCUT2D eigenvalue weighted by atomic mass is 10.2. The molecule has 0 bridgehead atoms. The molecular formula is C19H22N4O2. The molecule has 1 unspecified atom stereocenters. The number of hydrogen-bond donors (Lipinski definition) is 1. The van der Waals surface area contributed by atoms with Crippen LogP contribution in [0.3, 0.4) is 0 Å². The maximum atomic E-state index is 12.1. The van der Waals surface area contributed by atoms with E-state index in [0.717, 1.165) is 22.8 Å². The van der Waals surface area contributed by atoms with Crippen LogP contribution in [-0.4, -0.2) is 27.1 Å². The third-order valence-corrected chi connectivity index (χ3v) is 3.91. The molecule has 1 N–H and O–H groups in total. The fraction of sp³-hybridized carbons (Fsp3) is 0.316. The van der Waals surface area contributed by atoms with E-state index in [2.05, 4.69) is 15.5 Å². The van der Waals surface area contributed by atoms with Crippen LogP contribution in [-0.2, 0) is 4.79 Å². The number of pyridine rings is 1. The Morgan fingerprint density at radius 2 is 2.12 bits per heavy atom. The smallest absolute Gasteiger partial charge is 0.220 e. The van der Waals surface area contributed by atoms with Crippen molar-refractivity contribution in [3.8, 4) is 5.75 Å². The molecule has 0 aliphatic heterocycles. The van der Waals surface area contributed by atoms with Crippen LogP contribution in [0, 0.1) is 6.92 Å². The molecule has 0 aliphatic rings. The van der Waals surface area contributed by atoms with E-state index in [1.165, 1.54) is 0 Å². The van der Waals surface area contributed by atoms with Gasteiger partial charge < -0.3 is 10.1 Å². The van der Waals surface area contributed by atoms with Crippen molar-refractivity contribution in [2.45, 2.75) is 32.7 Å². The zero-order chi connectivity index (χ0) is 17.6. The molecule has 0 aliphatic carbocycles. The van der Waals surface area contributed by atoms with Crippen LogP contribution in [0.5, 0.6) is 5.75 Å². The Labute approximate surface area is 146 Å². The summed E-state index contributed by atoms with van der Waals surface area (Å²) >= 11 is 0. The number of carbonyl (C=O) groups excluding carboxylic acids is 1. The Kier molecular flexibility index (Phi) is 5.28. The molecule has 25 heavy (non-hydrogen) atoms. The molecule has 0 fully saturated rings. The van der Waals surface area contributed by atoms with Gasteiger partial charge in [0.25, 0.3) is 0 Å². The first-order chi connectivity index (χ1) is 12.1. The molecule has 1 aromatic carbocycles. The van der Waals surface area contributed by atoms with Crippen molar-refractivity contribution >= 4 is 11.6 Å². The Morgan fingerprint density at radius 3 is 2.96 bits per heavy atom. The van der Waals surface area contributed by atoms with Gasteiger partial charge in [0, 0.05) is 12.6 Å². The summed E-state index contributed by atoms with van der Waals surface area (Å²) in [6, 6.07) is 13.4. The lowest BCUT2D eigenvalue weighted by Gasteiger charge is -2.12. The standard InChI is InChI=1S/C19H22N4O2/c1-14-7-5-8-16(13-14)25-12-6-10-18(24)20-15(2)19-22-21-17-9-3-4-11-23(17)19/h3-5,7-9,11,13,15H,6,10,12H2,1-2H3,(H,20,24). The fourth-order valence-electron chi connectivity index (χ4n) is 2.66. The number of nitrogens with zero attached hydrogens (tertiary/aromatic N) is 3. The number of carbonyl (C=O) groups is 1. The van der Waals surface area contributed by atoms with Crippen molar-refractivity contribution in [3.63, 3.8) is 0 Å². The number of nitrogens with one attached hydrogen (secondary N) is 1. The average Bonchev–Trinajstić information content (AvgIpc) is 3.03. The van der Waals surface area contributed by atoms with Gasteiger partial charge in [0.15, 0.2) is 11.5 Å². The number of benzene rings is 1. The van der Waals surface area contributed by atoms with Crippen molar-refractivity contribution in [1.82, 2.24) is 19.9 Å². The van der Waals surface area contributed by atoms with Gasteiger partial charge in [-0.15, -0.1) is 10.2 Å². The van der Waals surface area contributed by atoms with E-state index in [4.69, 9.17) is 4.74 Å². The number of rotatable bonds is 7.